The molecule has 0 radical (unpaired) electrons. The fourth-order valence-corrected chi connectivity index (χ4v) is 3.04. The topological polar surface area (TPSA) is 92.9 Å². The van der Waals surface area contributed by atoms with Crippen molar-refractivity contribution in [3.05, 3.63) is 69.8 Å². The van der Waals surface area contributed by atoms with Gasteiger partial charge in [0.15, 0.2) is 5.75 Å². The van der Waals surface area contributed by atoms with Gasteiger partial charge in [0, 0.05) is 24.7 Å². The van der Waals surface area contributed by atoms with Crippen LogP contribution in [0.3, 0.4) is 0 Å². The monoisotopic (exact) mass is 356 g/mol. The Morgan fingerprint density at radius 1 is 1.27 bits per heavy atom. The van der Waals surface area contributed by atoms with Crippen LogP contribution in [0.4, 0.5) is 5.69 Å². The average Bonchev–Trinajstić information content (AvgIpc) is 2.67. The van der Waals surface area contributed by atoms with Crippen LogP contribution >= 0.6 is 0 Å². The van der Waals surface area contributed by atoms with E-state index in [-0.39, 0.29) is 17.6 Å². The summed E-state index contributed by atoms with van der Waals surface area (Å²) in [4.78, 5) is 24.6. The van der Waals surface area contributed by atoms with E-state index in [0.29, 0.717) is 19.7 Å². The molecule has 136 valence electrons. The van der Waals surface area contributed by atoms with Crippen molar-refractivity contribution < 1.29 is 19.6 Å². The highest BCUT2D eigenvalue weighted by molar-refractivity contribution is 5.95. The van der Waals surface area contributed by atoms with E-state index in [4.69, 9.17) is 4.74 Å². The van der Waals surface area contributed by atoms with Gasteiger partial charge in [-0.3, -0.25) is 14.9 Å². The molecule has 1 aliphatic rings. The van der Waals surface area contributed by atoms with E-state index in [1.165, 1.54) is 17.7 Å². The van der Waals surface area contributed by atoms with Gasteiger partial charge in [-0.25, -0.2) is 0 Å². The van der Waals surface area contributed by atoms with Gasteiger partial charge in [0.25, 0.3) is 5.91 Å². The van der Waals surface area contributed by atoms with Crippen molar-refractivity contribution in [1.82, 2.24) is 4.90 Å². The third-order valence-electron chi connectivity index (χ3n) is 4.44. The minimum atomic E-state index is -0.700. The van der Waals surface area contributed by atoms with Crippen molar-refractivity contribution in [2.45, 2.75) is 18.9 Å². The van der Waals surface area contributed by atoms with Crippen molar-refractivity contribution in [2.24, 2.45) is 0 Å². The Bertz CT molecular complexity index is 794. The Kier molecular flexibility index (Phi) is 5.48. The lowest BCUT2D eigenvalue weighted by Gasteiger charge is -2.33. The first-order chi connectivity index (χ1) is 12.5. The molecule has 1 heterocycles. The molecule has 3 rings (SSSR count). The summed E-state index contributed by atoms with van der Waals surface area (Å²) in [6, 6.07) is 13.8. The lowest BCUT2D eigenvalue weighted by molar-refractivity contribution is -0.385. The lowest BCUT2D eigenvalue weighted by atomic mass is 10.1. The lowest BCUT2D eigenvalue weighted by Crippen LogP contribution is -2.45. The number of nitro benzene ring substituents is 1. The minimum absolute atomic E-state index is 0.0694. The summed E-state index contributed by atoms with van der Waals surface area (Å²) < 4.78 is 5.75. The van der Waals surface area contributed by atoms with E-state index in [0.717, 1.165) is 18.9 Å². The molecule has 1 atom stereocenters. The molecule has 1 unspecified atom stereocenters. The molecule has 0 saturated carbocycles. The molecule has 0 aliphatic carbocycles. The normalized spacial score (nSPS) is 17.1. The molecule has 26 heavy (non-hydrogen) atoms. The van der Waals surface area contributed by atoms with Gasteiger partial charge >= 0.3 is 5.69 Å². The van der Waals surface area contributed by atoms with E-state index in [2.05, 4.69) is 12.1 Å². The van der Waals surface area contributed by atoms with Crippen molar-refractivity contribution >= 4 is 11.6 Å². The molecule has 7 heteroatoms. The van der Waals surface area contributed by atoms with Crippen LogP contribution in [0.25, 0.3) is 0 Å². The van der Waals surface area contributed by atoms with Crippen LogP contribution in [-0.4, -0.2) is 46.6 Å². The van der Waals surface area contributed by atoms with Crippen LogP contribution < -0.4 is 0 Å². The minimum Gasteiger partial charge on any atom is -0.502 e. The molecule has 2 aromatic carbocycles. The van der Waals surface area contributed by atoms with Gasteiger partial charge in [-0.1, -0.05) is 30.3 Å². The zero-order valence-corrected chi connectivity index (χ0v) is 14.2. The van der Waals surface area contributed by atoms with Crippen molar-refractivity contribution in [1.29, 1.82) is 0 Å². The van der Waals surface area contributed by atoms with Crippen LogP contribution in [0.15, 0.2) is 48.5 Å². The summed E-state index contributed by atoms with van der Waals surface area (Å²) >= 11 is 0. The van der Waals surface area contributed by atoms with Gasteiger partial charge in [-0.2, -0.15) is 0 Å². The van der Waals surface area contributed by atoms with Gasteiger partial charge in [0.1, 0.15) is 0 Å². The second-order valence-corrected chi connectivity index (χ2v) is 6.23. The molecule has 0 aromatic heterocycles. The molecule has 7 nitrogen and oxygen atoms in total. The molecular formula is C19H20N2O5. The number of rotatable bonds is 5. The van der Waals surface area contributed by atoms with Gasteiger partial charge in [0.2, 0.25) is 0 Å². The Hall–Kier alpha value is -2.93. The van der Waals surface area contributed by atoms with Gasteiger partial charge < -0.3 is 14.7 Å². The number of phenols is 1. The number of amides is 1. The average molecular weight is 356 g/mol. The number of hydrogen-bond acceptors (Lipinski definition) is 5. The van der Waals surface area contributed by atoms with Crippen molar-refractivity contribution in [3.63, 3.8) is 0 Å². The van der Waals surface area contributed by atoms with Crippen LogP contribution in [0.1, 0.15) is 22.3 Å². The maximum atomic E-state index is 12.7. The summed E-state index contributed by atoms with van der Waals surface area (Å²) in [6.45, 7) is 1.32. The number of benzene rings is 2. The molecule has 1 fully saturated rings. The molecular weight excluding hydrogens is 336 g/mol. The number of carbonyl (C=O) groups is 1. The van der Waals surface area contributed by atoms with Gasteiger partial charge in [-0.15, -0.1) is 0 Å². The molecule has 0 spiro atoms. The second kappa shape index (κ2) is 7.97. The summed E-state index contributed by atoms with van der Waals surface area (Å²) in [7, 11) is 0. The maximum absolute atomic E-state index is 12.7. The summed E-state index contributed by atoms with van der Waals surface area (Å²) in [6.07, 6.45) is 1.59. The number of ether oxygens (including phenoxy) is 1. The molecule has 1 amide bonds. The smallest absolute Gasteiger partial charge is 0.311 e. The van der Waals surface area contributed by atoms with E-state index in [9.17, 15) is 20.0 Å². The number of nitro groups is 1. The molecule has 1 N–H and O–H groups in total. The number of carbonyl (C=O) groups excluding carboxylic acids is 1. The number of nitrogens with zero attached hydrogens (tertiary/aromatic N) is 2. The van der Waals surface area contributed by atoms with Gasteiger partial charge in [0.05, 0.1) is 17.6 Å². The maximum Gasteiger partial charge on any atom is 0.311 e. The van der Waals surface area contributed by atoms with Crippen LogP contribution in [0.2, 0.25) is 0 Å². The number of hydrogen-bond donors (Lipinski definition) is 1. The van der Waals surface area contributed by atoms with E-state index >= 15 is 0 Å². The Morgan fingerprint density at radius 2 is 2.04 bits per heavy atom. The predicted octanol–water partition coefficient (Wildman–Crippen LogP) is 2.77. The quantitative estimate of drug-likeness (QED) is 0.657. The Balaban J connectivity index is 1.64. The number of aromatic hydroxyl groups is 1. The summed E-state index contributed by atoms with van der Waals surface area (Å²) in [5.74, 6) is -0.740. The van der Waals surface area contributed by atoms with Crippen LogP contribution in [0, 0.1) is 10.1 Å². The standard InChI is InChI=1S/C19H20N2O5/c22-18-9-7-15(12-17(18)21(24)25)19(23)20-10-11-26-16(13-20)8-6-14-4-2-1-3-5-14/h1-5,7,9,12,16,22H,6,8,10-11,13H2. The second-order valence-electron chi connectivity index (χ2n) is 6.23. The number of aryl methyl sites for hydroxylation is 1. The fourth-order valence-electron chi connectivity index (χ4n) is 3.04. The molecule has 2 aromatic rings. The molecule has 1 aliphatic heterocycles. The molecule has 1 saturated heterocycles. The van der Waals surface area contributed by atoms with Gasteiger partial charge in [-0.05, 0) is 30.5 Å². The predicted molar refractivity (Wildman–Crippen MR) is 95.2 cm³/mol. The third kappa shape index (κ3) is 4.18. The zero-order chi connectivity index (χ0) is 18.5. The number of morpholine rings is 1. The van der Waals surface area contributed by atoms with Crippen LogP contribution in [0.5, 0.6) is 5.75 Å². The number of phenolic OH excluding ortho intramolecular Hbond substituents is 1. The summed E-state index contributed by atoms with van der Waals surface area (Å²) in [5.41, 5.74) is 0.941. The van der Waals surface area contributed by atoms with Crippen LogP contribution in [-0.2, 0) is 11.2 Å². The fraction of sp³-hybridized carbons (Fsp3) is 0.316. The Labute approximate surface area is 151 Å². The van der Waals surface area contributed by atoms with E-state index in [1.807, 2.05) is 18.2 Å². The Morgan fingerprint density at radius 3 is 2.77 bits per heavy atom. The SMILES string of the molecule is O=C(c1ccc(O)c([N+](=O)[O-])c1)N1CCOC(CCc2ccccc2)C1. The van der Waals surface area contributed by atoms with E-state index in [1.54, 1.807) is 4.90 Å². The third-order valence-corrected chi connectivity index (χ3v) is 4.44. The first-order valence-electron chi connectivity index (χ1n) is 8.47. The first-order valence-corrected chi connectivity index (χ1v) is 8.47. The first kappa shape index (κ1) is 17.9. The van der Waals surface area contributed by atoms with E-state index < -0.39 is 16.4 Å². The zero-order valence-electron chi connectivity index (χ0n) is 14.2. The van der Waals surface area contributed by atoms with Crippen molar-refractivity contribution in [3.8, 4) is 5.75 Å². The highest BCUT2D eigenvalue weighted by atomic mass is 16.6. The highest BCUT2D eigenvalue weighted by Gasteiger charge is 2.26. The van der Waals surface area contributed by atoms with Crippen molar-refractivity contribution in [2.75, 3.05) is 19.7 Å². The molecule has 0 bridgehead atoms. The summed E-state index contributed by atoms with van der Waals surface area (Å²) in [5, 5.41) is 20.5. The highest BCUT2D eigenvalue weighted by Crippen LogP contribution is 2.27. The largest absolute Gasteiger partial charge is 0.502 e.